The number of nitrogens with zero attached hydrogens (tertiary/aromatic N) is 2. The van der Waals surface area contributed by atoms with Crippen LogP contribution < -0.4 is 15.4 Å². The number of amides is 1. The van der Waals surface area contributed by atoms with Crippen molar-refractivity contribution in [1.29, 1.82) is 0 Å². The van der Waals surface area contributed by atoms with Crippen LogP contribution in [-0.4, -0.2) is 29.0 Å². The van der Waals surface area contributed by atoms with E-state index in [0.29, 0.717) is 17.1 Å². The van der Waals surface area contributed by atoms with Crippen molar-refractivity contribution < 1.29 is 27.1 Å². The molecule has 3 aromatic rings. The van der Waals surface area contributed by atoms with Crippen molar-refractivity contribution in [1.82, 2.24) is 15.1 Å². The number of methoxy groups -OCH3 is 1. The molecule has 164 valence electrons. The van der Waals surface area contributed by atoms with Gasteiger partial charge in [0.05, 0.1) is 30.4 Å². The van der Waals surface area contributed by atoms with Gasteiger partial charge in [0.1, 0.15) is 17.3 Å². The summed E-state index contributed by atoms with van der Waals surface area (Å²) in [6.45, 7) is 0.0884. The van der Waals surface area contributed by atoms with E-state index >= 15 is 0 Å². The molecule has 0 saturated carbocycles. The highest BCUT2D eigenvalue weighted by Gasteiger charge is 2.47. The number of furan rings is 1. The van der Waals surface area contributed by atoms with E-state index in [9.17, 15) is 18.0 Å². The van der Waals surface area contributed by atoms with Gasteiger partial charge in [-0.05, 0) is 45.8 Å². The smallest absolute Gasteiger partial charge is 0.410 e. The molecule has 0 radical (unpaired) electrons. The Bertz CT molecular complexity index is 1060. The van der Waals surface area contributed by atoms with Gasteiger partial charge in [-0.3, -0.25) is 4.79 Å². The molecular formula is C20H18BrF3N4O3. The fourth-order valence-electron chi connectivity index (χ4n) is 3.45. The highest BCUT2D eigenvalue weighted by atomic mass is 79.9. The fourth-order valence-corrected chi connectivity index (χ4v) is 4.01. The van der Waals surface area contributed by atoms with Crippen molar-refractivity contribution in [2.45, 2.75) is 31.2 Å². The highest BCUT2D eigenvalue weighted by Crippen LogP contribution is 2.46. The number of halogens is 4. The first kappa shape index (κ1) is 21.3. The number of hydrogen-bond donors (Lipinski definition) is 2. The Kier molecular flexibility index (Phi) is 5.69. The molecule has 1 amide bonds. The van der Waals surface area contributed by atoms with Crippen LogP contribution in [0.4, 0.5) is 19.0 Å². The van der Waals surface area contributed by atoms with E-state index in [2.05, 4.69) is 31.7 Å². The van der Waals surface area contributed by atoms with Crippen LogP contribution in [-0.2, 0) is 6.54 Å². The van der Waals surface area contributed by atoms with Gasteiger partial charge in [-0.15, -0.1) is 0 Å². The third-order valence-electron chi connectivity index (χ3n) is 5.03. The van der Waals surface area contributed by atoms with Gasteiger partial charge in [0.25, 0.3) is 5.91 Å². The Balaban J connectivity index is 1.64. The van der Waals surface area contributed by atoms with Crippen LogP contribution in [0.3, 0.4) is 0 Å². The summed E-state index contributed by atoms with van der Waals surface area (Å²) in [7, 11) is 1.52. The molecule has 0 aliphatic carbocycles. The van der Waals surface area contributed by atoms with Crippen molar-refractivity contribution in [2.24, 2.45) is 0 Å². The maximum atomic E-state index is 13.9. The predicted molar refractivity (Wildman–Crippen MR) is 109 cm³/mol. The van der Waals surface area contributed by atoms with E-state index in [1.165, 1.54) is 13.4 Å². The van der Waals surface area contributed by atoms with Crippen molar-refractivity contribution in [3.8, 4) is 5.75 Å². The number of carbonyl (C=O) groups excluding carboxylic acids is 1. The van der Waals surface area contributed by atoms with E-state index in [4.69, 9.17) is 9.15 Å². The van der Waals surface area contributed by atoms with E-state index in [1.54, 1.807) is 36.4 Å². The van der Waals surface area contributed by atoms with Crippen LogP contribution in [0.25, 0.3) is 0 Å². The van der Waals surface area contributed by atoms with Crippen molar-refractivity contribution in [2.75, 3.05) is 12.4 Å². The lowest BCUT2D eigenvalue weighted by Gasteiger charge is -2.33. The summed E-state index contributed by atoms with van der Waals surface area (Å²) >= 11 is 3.26. The first-order chi connectivity index (χ1) is 14.8. The minimum atomic E-state index is -4.55. The number of nitrogens with one attached hydrogen (secondary N) is 2. The first-order valence-corrected chi connectivity index (χ1v) is 10.1. The van der Waals surface area contributed by atoms with Crippen LogP contribution in [0.1, 0.15) is 40.3 Å². The number of fused-ring (bicyclic) bond motifs is 1. The summed E-state index contributed by atoms with van der Waals surface area (Å²) in [6, 6.07) is 7.62. The van der Waals surface area contributed by atoms with Crippen molar-refractivity contribution >= 4 is 27.7 Å². The highest BCUT2D eigenvalue weighted by molar-refractivity contribution is 9.10. The van der Waals surface area contributed by atoms with E-state index in [-0.39, 0.29) is 29.0 Å². The Morgan fingerprint density at radius 1 is 1.35 bits per heavy atom. The third kappa shape index (κ3) is 4.27. The number of hydrogen-bond acceptors (Lipinski definition) is 5. The quantitative estimate of drug-likeness (QED) is 0.526. The van der Waals surface area contributed by atoms with Gasteiger partial charge in [0, 0.05) is 6.42 Å². The zero-order valence-corrected chi connectivity index (χ0v) is 17.8. The van der Waals surface area contributed by atoms with Crippen molar-refractivity contribution in [3.63, 3.8) is 0 Å². The summed E-state index contributed by atoms with van der Waals surface area (Å²) in [5.74, 6) is 0.597. The normalized spacial score (nSPS) is 18.2. The average molecular weight is 499 g/mol. The molecule has 31 heavy (non-hydrogen) atoms. The molecular weight excluding hydrogens is 481 g/mol. The topological polar surface area (TPSA) is 81.3 Å². The lowest BCUT2D eigenvalue weighted by molar-refractivity contribution is -0.173. The monoisotopic (exact) mass is 498 g/mol. The SMILES string of the molecule is COc1ccc([C@@H]2C[C@H](C(F)(F)F)n3nc(C(=O)NCc4ccco4)c(Br)c3N2)cc1. The van der Waals surface area contributed by atoms with Crippen molar-refractivity contribution in [3.05, 3.63) is 64.2 Å². The molecule has 0 spiro atoms. The summed E-state index contributed by atoms with van der Waals surface area (Å²) in [4.78, 5) is 12.6. The molecule has 0 unspecified atom stereocenters. The number of aromatic nitrogens is 2. The van der Waals surface area contributed by atoms with Gasteiger partial charge >= 0.3 is 6.18 Å². The molecule has 1 aliphatic rings. The number of ether oxygens (including phenoxy) is 1. The molecule has 3 heterocycles. The zero-order chi connectivity index (χ0) is 22.2. The van der Waals surface area contributed by atoms with Gasteiger partial charge in [-0.1, -0.05) is 12.1 Å². The lowest BCUT2D eigenvalue weighted by atomic mass is 9.97. The Labute approximate surface area is 183 Å². The molecule has 1 aliphatic heterocycles. The number of benzene rings is 1. The number of anilines is 1. The van der Waals surface area contributed by atoms with Crippen LogP contribution in [0.15, 0.2) is 51.6 Å². The summed E-state index contributed by atoms with van der Waals surface area (Å²) < 4.78 is 52.9. The molecule has 0 saturated heterocycles. The number of carbonyl (C=O) groups is 1. The maximum absolute atomic E-state index is 13.9. The summed E-state index contributed by atoms with van der Waals surface area (Å²) in [6.07, 6.45) is -3.36. The second-order valence-corrected chi connectivity index (χ2v) is 7.77. The molecule has 2 N–H and O–H groups in total. The van der Waals surface area contributed by atoms with E-state index < -0.39 is 24.2 Å². The molecule has 4 rings (SSSR count). The lowest BCUT2D eigenvalue weighted by Crippen LogP contribution is -2.35. The Morgan fingerprint density at radius 3 is 2.71 bits per heavy atom. The number of rotatable bonds is 5. The predicted octanol–water partition coefficient (Wildman–Crippen LogP) is 4.84. The van der Waals surface area contributed by atoms with Crippen LogP contribution >= 0.6 is 15.9 Å². The average Bonchev–Trinajstić information content (AvgIpc) is 3.39. The molecule has 0 bridgehead atoms. The van der Waals surface area contributed by atoms with Gasteiger partial charge in [0.2, 0.25) is 0 Å². The van der Waals surface area contributed by atoms with Gasteiger partial charge in [-0.25, -0.2) is 4.68 Å². The Morgan fingerprint density at radius 2 is 2.10 bits per heavy atom. The zero-order valence-electron chi connectivity index (χ0n) is 16.2. The summed E-state index contributed by atoms with van der Waals surface area (Å²) in [5.41, 5.74) is 0.525. The molecule has 2 atom stereocenters. The van der Waals surface area contributed by atoms with Gasteiger partial charge in [-0.2, -0.15) is 18.3 Å². The molecule has 1 aromatic carbocycles. The largest absolute Gasteiger partial charge is 0.497 e. The summed E-state index contributed by atoms with van der Waals surface area (Å²) in [5, 5.41) is 9.66. The molecule has 11 heteroatoms. The minimum absolute atomic E-state index is 0.0884. The molecule has 0 fully saturated rings. The van der Waals surface area contributed by atoms with Crippen LogP contribution in [0.2, 0.25) is 0 Å². The Hall–Kier alpha value is -2.95. The van der Waals surface area contributed by atoms with Gasteiger partial charge in [0.15, 0.2) is 11.7 Å². The fraction of sp³-hybridized carbons (Fsp3) is 0.300. The third-order valence-corrected chi connectivity index (χ3v) is 5.78. The van der Waals surface area contributed by atoms with Gasteiger partial charge < -0.3 is 19.8 Å². The number of alkyl halides is 3. The molecule has 7 nitrogen and oxygen atoms in total. The van der Waals surface area contributed by atoms with Crippen LogP contribution in [0.5, 0.6) is 5.75 Å². The maximum Gasteiger partial charge on any atom is 0.410 e. The van der Waals surface area contributed by atoms with Crippen LogP contribution in [0, 0.1) is 0 Å². The molecule has 2 aromatic heterocycles. The minimum Gasteiger partial charge on any atom is -0.497 e. The van der Waals surface area contributed by atoms with E-state index in [0.717, 1.165) is 4.68 Å². The second kappa shape index (κ2) is 8.29. The van der Waals surface area contributed by atoms with E-state index in [1.807, 2.05) is 0 Å². The standard InChI is InChI=1S/C20H18BrF3N4O3/c1-30-12-6-4-11(5-7-12)14-9-15(20(22,23)24)28-18(26-14)16(21)17(27-28)19(29)25-10-13-3-2-8-31-13/h2-8,14-15,26H,9-10H2,1H3,(H,25,29)/t14-,15+/m0/s1. The first-order valence-electron chi connectivity index (χ1n) is 9.33. The second-order valence-electron chi connectivity index (χ2n) is 6.98.